The minimum Gasteiger partial charge on any atom is -0.380 e. The van der Waals surface area contributed by atoms with E-state index < -0.39 is 0 Å². The molecule has 3 atom stereocenters. The van der Waals surface area contributed by atoms with E-state index in [-0.39, 0.29) is 18.0 Å². The number of pyridine rings is 1. The zero-order chi connectivity index (χ0) is 14.2. The summed E-state index contributed by atoms with van der Waals surface area (Å²) in [5.41, 5.74) is 1.15. The standard InChI is InChI=1S/C16H21N3O2/c20-15-8-14(18-12-5-7-21-10-12)16(19(15)13-3-4-13)11-2-1-6-17-9-11/h1-2,6,9,12-14,16,18H,3-5,7-8,10H2/t12-,14+,16-/m0/s1. The minimum atomic E-state index is 0.124. The van der Waals surface area contributed by atoms with Crippen molar-refractivity contribution in [1.82, 2.24) is 15.2 Å². The summed E-state index contributed by atoms with van der Waals surface area (Å²) < 4.78 is 5.45. The summed E-state index contributed by atoms with van der Waals surface area (Å²) in [4.78, 5) is 18.8. The molecule has 0 bridgehead atoms. The second-order valence-corrected chi connectivity index (χ2v) is 6.30. The van der Waals surface area contributed by atoms with Crippen LogP contribution >= 0.6 is 0 Å². The lowest BCUT2D eigenvalue weighted by atomic mass is 10.0. The number of carbonyl (C=O) groups is 1. The van der Waals surface area contributed by atoms with E-state index in [0.717, 1.165) is 38.0 Å². The number of hydrogen-bond donors (Lipinski definition) is 1. The molecule has 3 aliphatic rings. The van der Waals surface area contributed by atoms with Crippen LogP contribution in [0.4, 0.5) is 0 Å². The third-order valence-electron chi connectivity index (χ3n) is 4.71. The summed E-state index contributed by atoms with van der Waals surface area (Å²) in [6.07, 6.45) is 7.59. The molecule has 5 heteroatoms. The summed E-state index contributed by atoms with van der Waals surface area (Å²) in [7, 11) is 0. The SMILES string of the molecule is O=C1C[C@@H](N[C@H]2CCOC2)[C@H](c2cccnc2)N1C1CC1. The number of nitrogens with one attached hydrogen (secondary N) is 1. The molecule has 0 aromatic carbocycles. The van der Waals surface area contributed by atoms with E-state index in [1.807, 2.05) is 12.3 Å². The van der Waals surface area contributed by atoms with Gasteiger partial charge in [-0.25, -0.2) is 0 Å². The monoisotopic (exact) mass is 287 g/mol. The number of likely N-dealkylation sites (tertiary alicyclic amines) is 1. The molecule has 5 nitrogen and oxygen atoms in total. The zero-order valence-corrected chi connectivity index (χ0v) is 12.1. The second-order valence-electron chi connectivity index (χ2n) is 6.30. The summed E-state index contributed by atoms with van der Waals surface area (Å²) in [6.45, 7) is 1.58. The van der Waals surface area contributed by atoms with Crippen molar-refractivity contribution in [3.05, 3.63) is 30.1 Å². The van der Waals surface area contributed by atoms with Crippen molar-refractivity contribution in [2.24, 2.45) is 0 Å². The predicted octanol–water partition coefficient (Wildman–Crippen LogP) is 1.26. The predicted molar refractivity (Wildman–Crippen MR) is 77.6 cm³/mol. The molecular weight excluding hydrogens is 266 g/mol. The van der Waals surface area contributed by atoms with Crippen molar-refractivity contribution in [2.75, 3.05) is 13.2 Å². The fourth-order valence-electron chi connectivity index (χ4n) is 3.60. The van der Waals surface area contributed by atoms with Gasteiger partial charge in [0, 0.05) is 43.5 Å². The first kappa shape index (κ1) is 13.2. The maximum absolute atomic E-state index is 12.5. The highest BCUT2D eigenvalue weighted by Gasteiger charge is 2.47. The van der Waals surface area contributed by atoms with Crippen LogP contribution in [0.15, 0.2) is 24.5 Å². The van der Waals surface area contributed by atoms with Crippen molar-refractivity contribution in [3.63, 3.8) is 0 Å². The largest absolute Gasteiger partial charge is 0.380 e. The van der Waals surface area contributed by atoms with E-state index in [1.54, 1.807) is 6.20 Å². The van der Waals surface area contributed by atoms with Gasteiger partial charge in [0.1, 0.15) is 0 Å². The van der Waals surface area contributed by atoms with Gasteiger partial charge < -0.3 is 15.0 Å². The van der Waals surface area contributed by atoms with Crippen molar-refractivity contribution in [1.29, 1.82) is 0 Å². The fourth-order valence-corrected chi connectivity index (χ4v) is 3.60. The van der Waals surface area contributed by atoms with E-state index in [2.05, 4.69) is 21.3 Å². The average molecular weight is 287 g/mol. The number of ether oxygens (including phenoxy) is 1. The first-order valence-electron chi connectivity index (χ1n) is 7.88. The third-order valence-corrected chi connectivity index (χ3v) is 4.71. The number of hydrogen-bond acceptors (Lipinski definition) is 4. The molecule has 0 unspecified atom stereocenters. The van der Waals surface area contributed by atoms with Crippen LogP contribution in [-0.2, 0) is 9.53 Å². The number of nitrogens with zero attached hydrogens (tertiary/aromatic N) is 2. The van der Waals surface area contributed by atoms with Gasteiger partial charge in [0.2, 0.25) is 5.91 Å². The molecule has 1 amide bonds. The molecule has 3 fully saturated rings. The van der Waals surface area contributed by atoms with E-state index in [9.17, 15) is 4.79 Å². The zero-order valence-electron chi connectivity index (χ0n) is 12.1. The Morgan fingerprint density at radius 2 is 2.24 bits per heavy atom. The Hall–Kier alpha value is -1.46. The highest BCUT2D eigenvalue weighted by Crippen LogP contribution is 2.41. The van der Waals surface area contributed by atoms with Gasteiger partial charge in [-0.05, 0) is 30.9 Å². The van der Waals surface area contributed by atoms with Gasteiger partial charge in [-0.1, -0.05) is 6.07 Å². The van der Waals surface area contributed by atoms with Gasteiger partial charge in [-0.2, -0.15) is 0 Å². The molecule has 4 rings (SSSR count). The van der Waals surface area contributed by atoms with Crippen LogP contribution in [0.5, 0.6) is 0 Å². The van der Waals surface area contributed by atoms with Gasteiger partial charge in [0.25, 0.3) is 0 Å². The van der Waals surface area contributed by atoms with Crippen molar-refractivity contribution in [2.45, 2.75) is 49.9 Å². The van der Waals surface area contributed by atoms with E-state index in [1.165, 1.54) is 0 Å². The molecule has 112 valence electrons. The summed E-state index contributed by atoms with van der Waals surface area (Å²) in [5.74, 6) is 0.280. The second kappa shape index (κ2) is 5.39. The fraction of sp³-hybridized carbons (Fsp3) is 0.625. The molecular formula is C16H21N3O2. The summed E-state index contributed by atoms with van der Waals surface area (Å²) in [6, 6.07) is 5.16. The van der Waals surface area contributed by atoms with Gasteiger partial charge >= 0.3 is 0 Å². The van der Waals surface area contributed by atoms with Crippen molar-refractivity contribution >= 4 is 5.91 Å². The van der Waals surface area contributed by atoms with Gasteiger partial charge in [0.15, 0.2) is 0 Å². The molecule has 0 spiro atoms. The van der Waals surface area contributed by atoms with Crippen LogP contribution in [0.2, 0.25) is 0 Å². The number of rotatable bonds is 4. The number of amides is 1. The van der Waals surface area contributed by atoms with Crippen LogP contribution in [0.3, 0.4) is 0 Å². The van der Waals surface area contributed by atoms with Crippen LogP contribution < -0.4 is 5.32 Å². The molecule has 1 aliphatic carbocycles. The maximum Gasteiger partial charge on any atom is 0.225 e. The maximum atomic E-state index is 12.5. The van der Waals surface area contributed by atoms with Gasteiger partial charge in [0.05, 0.1) is 12.6 Å². The van der Waals surface area contributed by atoms with Crippen LogP contribution in [0, 0.1) is 0 Å². The smallest absolute Gasteiger partial charge is 0.225 e. The quantitative estimate of drug-likeness (QED) is 0.906. The summed E-state index contributed by atoms with van der Waals surface area (Å²) in [5, 5.41) is 3.65. The lowest BCUT2D eigenvalue weighted by molar-refractivity contribution is -0.129. The molecule has 1 aromatic heterocycles. The molecule has 21 heavy (non-hydrogen) atoms. The number of aromatic nitrogens is 1. The van der Waals surface area contributed by atoms with E-state index >= 15 is 0 Å². The van der Waals surface area contributed by atoms with Crippen LogP contribution in [0.1, 0.15) is 37.3 Å². The third kappa shape index (κ3) is 2.56. The Balaban J connectivity index is 1.60. The Kier molecular flexibility index (Phi) is 3.39. The van der Waals surface area contributed by atoms with E-state index in [0.29, 0.717) is 18.5 Å². The van der Waals surface area contributed by atoms with Gasteiger partial charge in [-0.15, -0.1) is 0 Å². The van der Waals surface area contributed by atoms with Crippen molar-refractivity contribution < 1.29 is 9.53 Å². The average Bonchev–Trinajstić information content (AvgIpc) is 3.11. The topological polar surface area (TPSA) is 54.5 Å². The van der Waals surface area contributed by atoms with Crippen LogP contribution in [0.25, 0.3) is 0 Å². The Morgan fingerprint density at radius 3 is 2.90 bits per heavy atom. The first-order valence-corrected chi connectivity index (χ1v) is 7.88. The van der Waals surface area contributed by atoms with Gasteiger partial charge in [-0.3, -0.25) is 9.78 Å². The van der Waals surface area contributed by atoms with Crippen LogP contribution in [-0.4, -0.2) is 47.1 Å². The van der Waals surface area contributed by atoms with E-state index in [4.69, 9.17) is 4.74 Å². The lowest BCUT2D eigenvalue weighted by Crippen LogP contribution is -2.42. The highest BCUT2D eigenvalue weighted by atomic mass is 16.5. The molecule has 1 saturated carbocycles. The first-order chi connectivity index (χ1) is 10.3. The lowest BCUT2D eigenvalue weighted by Gasteiger charge is -2.30. The Bertz CT molecular complexity index is 512. The minimum absolute atomic E-state index is 0.124. The molecule has 3 heterocycles. The molecule has 2 aliphatic heterocycles. The molecule has 1 aromatic rings. The normalized spacial score (nSPS) is 32.9. The molecule has 1 N–H and O–H groups in total. The Morgan fingerprint density at radius 1 is 1.33 bits per heavy atom. The molecule has 2 saturated heterocycles. The molecule has 0 radical (unpaired) electrons. The Labute approximate surface area is 124 Å². The number of carbonyl (C=O) groups excluding carboxylic acids is 1. The summed E-state index contributed by atoms with van der Waals surface area (Å²) >= 11 is 0. The van der Waals surface area contributed by atoms with Crippen molar-refractivity contribution in [3.8, 4) is 0 Å². The highest BCUT2D eigenvalue weighted by molar-refractivity contribution is 5.81.